The number of alkyl carbamates (subject to hydrolysis) is 1. The van der Waals surface area contributed by atoms with Gasteiger partial charge >= 0.3 is 6.09 Å². The van der Waals surface area contributed by atoms with E-state index in [2.05, 4.69) is 82.7 Å². The highest BCUT2D eigenvalue weighted by molar-refractivity contribution is 8.15. The lowest BCUT2D eigenvalue weighted by atomic mass is 9.82. The van der Waals surface area contributed by atoms with Gasteiger partial charge in [0, 0.05) is 45.1 Å². The zero-order valence-electron chi connectivity index (χ0n) is 21.1. The van der Waals surface area contributed by atoms with E-state index in [4.69, 9.17) is 9.73 Å². The third kappa shape index (κ3) is 4.86. The summed E-state index contributed by atoms with van der Waals surface area (Å²) in [6, 6.07) is 23.5. The van der Waals surface area contributed by atoms with Crippen molar-refractivity contribution in [2.75, 3.05) is 44.6 Å². The topological polar surface area (TPSA) is 57.2 Å². The van der Waals surface area contributed by atoms with E-state index in [0.717, 1.165) is 39.3 Å². The average Bonchev–Trinajstić information content (AvgIpc) is 2.84. The molecule has 3 aromatic rings. The van der Waals surface area contributed by atoms with Crippen molar-refractivity contribution in [3.05, 3.63) is 89.0 Å². The normalized spacial score (nSPS) is 13.9. The van der Waals surface area contributed by atoms with Crippen LogP contribution >= 0.6 is 11.8 Å². The molecule has 0 spiro atoms. The molecule has 0 bridgehead atoms. The van der Waals surface area contributed by atoms with Crippen LogP contribution in [-0.4, -0.2) is 46.1 Å². The summed E-state index contributed by atoms with van der Waals surface area (Å²) >= 11 is 1.53. The third-order valence-corrected chi connectivity index (χ3v) is 7.45. The fourth-order valence-corrected chi connectivity index (χ4v) is 5.60. The van der Waals surface area contributed by atoms with E-state index in [0.29, 0.717) is 11.8 Å². The molecule has 0 radical (unpaired) electrons. The van der Waals surface area contributed by atoms with Gasteiger partial charge < -0.3 is 14.5 Å². The molecule has 3 aromatic carbocycles. The largest absolute Gasteiger partial charge is 0.450 e. The van der Waals surface area contributed by atoms with Crippen molar-refractivity contribution in [3.8, 4) is 0 Å². The molecule has 1 aliphatic rings. The summed E-state index contributed by atoms with van der Waals surface area (Å²) in [4.78, 5) is 21.3. The van der Waals surface area contributed by atoms with Crippen LogP contribution < -0.4 is 15.1 Å². The van der Waals surface area contributed by atoms with E-state index in [9.17, 15) is 4.79 Å². The Morgan fingerprint density at radius 2 is 1.46 bits per heavy atom. The molecule has 6 nitrogen and oxygen atoms in total. The maximum Gasteiger partial charge on any atom is 0.413 e. The van der Waals surface area contributed by atoms with Crippen molar-refractivity contribution in [2.45, 2.75) is 18.6 Å². The minimum absolute atomic E-state index is 0.294. The summed E-state index contributed by atoms with van der Waals surface area (Å²) in [6.45, 7) is 4.18. The summed E-state index contributed by atoms with van der Waals surface area (Å²) in [5.74, 6) is 0. The lowest BCUT2D eigenvalue weighted by Gasteiger charge is -2.39. The number of aliphatic imine (C=N–C) groups is 1. The second-order valence-electron chi connectivity index (χ2n) is 8.95. The number of amidine groups is 1. The lowest BCUT2D eigenvalue weighted by Crippen LogP contribution is -2.37. The molecule has 0 fully saturated rings. The number of ether oxygens (including phenoxy) is 1. The first-order valence-corrected chi connectivity index (χ1v) is 12.4. The summed E-state index contributed by atoms with van der Waals surface area (Å²) < 4.78 is 4.54. The Kier molecular flexibility index (Phi) is 7.08. The van der Waals surface area contributed by atoms with Crippen LogP contribution in [0.15, 0.2) is 71.7 Å². The van der Waals surface area contributed by atoms with Gasteiger partial charge in [-0.1, -0.05) is 53.7 Å². The molecule has 0 saturated carbocycles. The number of thioether (sulfide) groups is 1. The van der Waals surface area contributed by atoms with Gasteiger partial charge in [-0.3, -0.25) is 5.32 Å². The van der Waals surface area contributed by atoms with Gasteiger partial charge in [-0.15, -0.1) is 0 Å². The molecule has 0 aliphatic carbocycles. The van der Waals surface area contributed by atoms with Gasteiger partial charge in [0.25, 0.3) is 0 Å². The minimum Gasteiger partial charge on any atom is -0.450 e. The zero-order valence-corrected chi connectivity index (χ0v) is 21.9. The number of carbonyl (C=O) groups is 1. The van der Waals surface area contributed by atoms with Gasteiger partial charge in [0.2, 0.25) is 0 Å². The van der Waals surface area contributed by atoms with Gasteiger partial charge in [-0.05, 0) is 55.3 Å². The van der Waals surface area contributed by atoms with Gasteiger partial charge in [0.15, 0.2) is 5.17 Å². The molecule has 0 saturated heterocycles. The summed E-state index contributed by atoms with van der Waals surface area (Å²) in [6.07, 6.45) is -0.505. The van der Waals surface area contributed by atoms with Gasteiger partial charge in [0.1, 0.15) is 4.75 Å². The Morgan fingerprint density at radius 1 is 0.914 bits per heavy atom. The van der Waals surface area contributed by atoms with E-state index < -0.39 is 10.8 Å². The first kappa shape index (κ1) is 24.7. The van der Waals surface area contributed by atoms with Crippen LogP contribution in [0.5, 0.6) is 0 Å². The Morgan fingerprint density at radius 3 is 1.94 bits per heavy atom. The number of anilines is 2. The maximum absolute atomic E-state index is 12.4. The Labute approximate surface area is 212 Å². The molecule has 1 amide bonds. The molecule has 35 heavy (non-hydrogen) atoms. The smallest absolute Gasteiger partial charge is 0.413 e. The highest BCUT2D eigenvalue weighted by Crippen LogP contribution is 2.54. The van der Waals surface area contributed by atoms with Crippen molar-refractivity contribution < 1.29 is 9.53 Å². The number of benzene rings is 3. The van der Waals surface area contributed by atoms with Crippen LogP contribution in [0.2, 0.25) is 0 Å². The summed E-state index contributed by atoms with van der Waals surface area (Å²) in [5, 5.41) is 3.37. The molecular formula is C28H32N4O2S. The SMILES string of the molecule is CCOC(=O)NC1=Nc2ccc(C)cc2C(c2ccc(N(C)C)cc2)(c2ccc(N(C)C)cc2)S1. The molecule has 7 heteroatoms. The standard InChI is InChI=1S/C28H32N4O2S/c1-7-34-27(33)30-26-29-25-17-8-19(2)18-24(25)28(35-26,20-9-13-22(14-10-20)31(3)4)21-11-15-23(16-12-21)32(5)6/h8-18H,7H2,1-6H3,(H,29,30,33). The highest BCUT2D eigenvalue weighted by atomic mass is 32.2. The molecule has 0 aromatic heterocycles. The highest BCUT2D eigenvalue weighted by Gasteiger charge is 2.43. The number of aryl methyl sites for hydroxylation is 1. The number of rotatable bonds is 5. The number of hydrogen-bond acceptors (Lipinski definition) is 6. The first-order chi connectivity index (χ1) is 16.7. The van der Waals surface area contributed by atoms with E-state index in [1.54, 1.807) is 6.92 Å². The van der Waals surface area contributed by atoms with Crippen LogP contribution in [0, 0.1) is 6.92 Å². The van der Waals surface area contributed by atoms with Crippen LogP contribution in [-0.2, 0) is 9.48 Å². The van der Waals surface area contributed by atoms with Crippen molar-refractivity contribution in [3.63, 3.8) is 0 Å². The van der Waals surface area contributed by atoms with Crippen molar-refractivity contribution >= 4 is 40.1 Å². The molecule has 1 heterocycles. The predicted molar refractivity (Wildman–Crippen MR) is 147 cm³/mol. The van der Waals surface area contributed by atoms with Crippen LogP contribution in [0.1, 0.15) is 29.2 Å². The number of carbonyl (C=O) groups excluding carboxylic acids is 1. The zero-order chi connectivity index (χ0) is 25.2. The number of hydrogen-bond donors (Lipinski definition) is 1. The summed E-state index contributed by atoms with van der Waals surface area (Å²) in [5.41, 5.74) is 7.53. The Bertz CT molecular complexity index is 1180. The van der Waals surface area contributed by atoms with E-state index in [1.807, 2.05) is 34.3 Å². The number of nitrogens with zero attached hydrogens (tertiary/aromatic N) is 3. The fraction of sp³-hybridized carbons (Fsp3) is 0.286. The van der Waals surface area contributed by atoms with E-state index in [1.165, 1.54) is 11.8 Å². The molecule has 1 N–H and O–H groups in total. The van der Waals surface area contributed by atoms with Crippen LogP contribution in [0.3, 0.4) is 0 Å². The quantitative estimate of drug-likeness (QED) is 0.485. The number of amides is 1. The number of fused-ring (bicyclic) bond motifs is 1. The van der Waals surface area contributed by atoms with Gasteiger partial charge in [-0.25, -0.2) is 9.79 Å². The second-order valence-corrected chi connectivity index (χ2v) is 10.2. The molecule has 182 valence electrons. The Hall–Kier alpha value is -3.45. The van der Waals surface area contributed by atoms with Crippen LogP contribution in [0.4, 0.5) is 21.9 Å². The molecule has 4 rings (SSSR count). The van der Waals surface area contributed by atoms with Crippen molar-refractivity contribution in [2.24, 2.45) is 4.99 Å². The van der Waals surface area contributed by atoms with E-state index in [-0.39, 0.29) is 0 Å². The lowest BCUT2D eigenvalue weighted by molar-refractivity contribution is 0.158. The van der Waals surface area contributed by atoms with Crippen molar-refractivity contribution in [1.29, 1.82) is 0 Å². The third-order valence-electron chi connectivity index (χ3n) is 6.07. The Balaban J connectivity index is 1.96. The van der Waals surface area contributed by atoms with Crippen molar-refractivity contribution in [1.82, 2.24) is 5.32 Å². The molecular weight excluding hydrogens is 456 g/mol. The number of nitrogens with one attached hydrogen (secondary N) is 1. The first-order valence-electron chi connectivity index (χ1n) is 11.6. The molecule has 1 aliphatic heterocycles. The summed E-state index contributed by atoms with van der Waals surface area (Å²) in [7, 11) is 8.14. The maximum atomic E-state index is 12.4. The predicted octanol–water partition coefficient (Wildman–Crippen LogP) is 5.90. The minimum atomic E-state index is -0.617. The van der Waals surface area contributed by atoms with Crippen LogP contribution in [0.25, 0.3) is 0 Å². The fourth-order valence-electron chi connectivity index (χ4n) is 4.25. The monoisotopic (exact) mass is 488 g/mol. The average molecular weight is 489 g/mol. The van der Waals surface area contributed by atoms with Gasteiger partial charge in [-0.2, -0.15) is 0 Å². The van der Waals surface area contributed by atoms with Gasteiger partial charge in [0.05, 0.1) is 12.3 Å². The molecule has 0 unspecified atom stereocenters. The molecule has 0 atom stereocenters. The van der Waals surface area contributed by atoms with E-state index >= 15 is 0 Å². The second kappa shape index (κ2) is 10.0.